The van der Waals surface area contributed by atoms with Gasteiger partial charge < -0.3 is 0 Å². The van der Waals surface area contributed by atoms with Gasteiger partial charge in [0.05, 0.1) is 5.66 Å². The first-order valence-corrected chi connectivity index (χ1v) is 14.8. The monoisotopic (exact) mass is 489 g/mol. The molecule has 0 spiro atoms. The Hall–Kier alpha value is -2.78. The molecule has 0 aliphatic heterocycles. The highest BCUT2D eigenvalue weighted by Crippen LogP contribution is 2.63. The Morgan fingerprint density at radius 2 is 0.771 bits per heavy atom. The third kappa shape index (κ3) is 5.26. The smallest absolute Gasteiger partial charge is 0.0608 e. The van der Waals surface area contributed by atoms with Gasteiger partial charge in [-0.3, -0.25) is 0 Å². The van der Waals surface area contributed by atoms with Crippen molar-refractivity contribution < 1.29 is 0 Å². The maximum absolute atomic E-state index is 2.52. The van der Waals surface area contributed by atoms with Crippen LogP contribution in [-0.4, -0.2) is 0 Å². The van der Waals surface area contributed by atoms with E-state index in [0.29, 0.717) is 0 Å². The molecule has 35 heavy (non-hydrogen) atoms. The average Bonchev–Trinajstić information content (AvgIpc) is 3.32. The Morgan fingerprint density at radius 3 is 1.11 bits per heavy atom. The molecule has 2 heteroatoms. The highest BCUT2D eigenvalue weighted by Gasteiger charge is 2.37. The summed E-state index contributed by atoms with van der Waals surface area (Å²) in [6.45, 7) is 6.99. The molecule has 0 fully saturated rings. The lowest BCUT2D eigenvalue weighted by Gasteiger charge is -2.31. The minimum absolute atomic E-state index is 0.0791. The molecule has 0 aromatic heterocycles. The van der Waals surface area contributed by atoms with E-state index in [1.54, 1.807) is 0 Å². The highest BCUT2D eigenvalue weighted by molar-refractivity contribution is 7.81. The van der Waals surface area contributed by atoms with E-state index in [-0.39, 0.29) is 5.41 Å². The van der Waals surface area contributed by atoms with E-state index in [1.165, 1.54) is 37.8 Å². The molecule has 0 bridgehead atoms. The van der Waals surface area contributed by atoms with Gasteiger partial charge in [0.1, 0.15) is 0 Å². The van der Waals surface area contributed by atoms with Crippen LogP contribution < -0.4 is 21.2 Å². The van der Waals surface area contributed by atoms with Gasteiger partial charge in [-0.05, 0) is 53.4 Å². The van der Waals surface area contributed by atoms with Gasteiger partial charge in [-0.1, -0.05) is 154 Å². The van der Waals surface area contributed by atoms with Crippen molar-refractivity contribution in [2.45, 2.75) is 20.8 Å². The second kappa shape index (κ2) is 10.5. The van der Waals surface area contributed by atoms with Crippen molar-refractivity contribution in [2.75, 3.05) is 0 Å². The molecule has 0 atom stereocenters. The average molecular weight is 490 g/mol. The maximum Gasteiger partial charge on any atom is 0.0608 e. The van der Waals surface area contributed by atoms with E-state index in [9.17, 15) is 0 Å². The lowest BCUT2D eigenvalue weighted by atomic mass is 9.87. The third-order valence-electron chi connectivity index (χ3n) is 6.25. The summed E-state index contributed by atoms with van der Waals surface area (Å²) in [5.74, 6) is 0. The molecule has 0 heterocycles. The fourth-order valence-corrected chi connectivity index (χ4v) is 9.75. The molecular formula is C33H31P2. The van der Waals surface area contributed by atoms with E-state index in [2.05, 4.69) is 154 Å². The molecule has 0 N–H and O–H groups in total. The molecule has 0 amide bonds. The van der Waals surface area contributed by atoms with Gasteiger partial charge in [0.2, 0.25) is 0 Å². The van der Waals surface area contributed by atoms with Crippen LogP contribution in [0.15, 0.2) is 144 Å². The predicted molar refractivity (Wildman–Crippen MR) is 157 cm³/mol. The Bertz CT molecular complexity index is 1220. The van der Waals surface area contributed by atoms with Gasteiger partial charge in [-0.2, -0.15) is 0 Å². The fraction of sp³-hybridized carbons (Fsp3) is 0.121. The number of hydrogen-bond donors (Lipinski definition) is 0. The number of hydrogen-bond acceptors (Lipinski definition) is 0. The zero-order valence-corrected chi connectivity index (χ0v) is 22.4. The summed E-state index contributed by atoms with van der Waals surface area (Å²) in [6, 6.07) is 44.4. The van der Waals surface area contributed by atoms with E-state index >= 15 is 0 Å². The van der Waals surface area contributed by atoms with Crippen molar-refractivity contribution in [2.24, 2.45) is 5.41 Å². The number of allylic oxidation sites excluding steroid dienone is 4. The van der Waals surface area contributed by atoms with Crippen LogP contribution >= 0.6 is 15.8 Å². The van der Waals surface area contributed by atoms with Crippen molar-refractivity contribution in [1.82, 2.24) is 0 Å². The van der Waals surface area contributed by atoms with Crippen LogP contribution in [0.5, 0.6) is 0 Å². The van der Waals surface area contributed by atoms with Crippen molar-refractivity contribution in [1.29, 1.82) is 0 Å². The molecule has 0 unspecified atom stereocenters. The SMILES string of the molecule is CC(C)(C)C1=C[C](P(c2ccccc2)c2ccccc2)C(P(c2ccccc2)c2ccccc2)=C1. The van der Waals surface area contributed by atoms with Gasteiger partial charge in [0.15, 0.2) is 0 Å². The molecule has 1 aliphatic rings. The third-order valence-corrected chi connectivity index (χ3v) is 11.4. The summed E-state index contributed by atoms with van der Waals surface area (Å²) < 4.78 is 0. The Labute approximate surface area is 213 Å². The van der Waals surface area contributed by atoms with Crippen LogP contribution in [0.2, 0.25) is 0 Å². The molecule has 0 nitrogen and oxygen atoms in total. The normalized spacial score (nSPS) is 14.3. The minimum Gasteiger partial charge on any atom is -0.0637 e. The maximum atomic E-state index is 2.52. The largest absolute Gasteiger partial charge is 0.0637 e. The molecule has 1 radical (unpaired) electrons. The quantitative estimate of drug-likeness (QED) is 0.244. The van der Waals surface area contributed by atoms with E-state index in [4.69, 9.17) is 0 Å². The molecule has 4 aromatic carbocycles. The summed E-state index contributed by atoms with van der Waals surface area (Å²) >= 11 is 0. The van der Waals surface area contributed by atoms with Crippen molar-refractivity contribution in [3.05, 3.63) is 150 Å². The molecule has 4 aromatic rings. The topological polar surface area (TPSA) is 0 Å². The van der Waals surface area contributed by atoms with E-state index < -0.39 is 15.8 Å². The summed E-state index contributed by atoms with van der Waals surface area (Å²) in [5.41, 5.74) is 2.98. The van der Waals surface area contributed by atoms with Crippen molar-refractivity contribution >= 4 is 37.1 Å². The van der Waals surface area contributed by atoms with Crippen LogP contribution in [0.4, 0.5) is 0 Å². The zero-order valence-electron chi connectivity index (χ0n) is 20.6. The summed E-state index contributed by atoms with van der Waals surface area (Å²) in [4.78, 5) is 0. The lowest BCUT2D eigenvalue weighted by Crippen LogP contribution is -2.20. The molecule has 5 rings (SSSR count). The van der Waals surface area contributed by atoms with Gasteiger partial charge in [-0.25, -0.2) is 0 Å². The van der Waals surface area contributed by atoms with Gasteiger partial charge in [0, 0.05) is 0 Å². The van der Waals surface area contributed by atoms with E-state index in [1.807, 2.05) is 0 Å². The molecule has 1 aliphatic carbocycles. The molecular weight excluding hydrogens is 458 g/mol. The van der Waals surface area contributed by atoms with Gasteiger partial charge in [0.25, 0.3) is 0 Å². The predicted octanol–water partition coefficient (Wildman–Crippen LogP) is 7.65. The standard InChI is InChI=1S/C33H31P2/c1-33(2,3)26-24-31(34(27-16-8-4-9-17-27)28-18-10-5-11-19-28)32(25-26)35(29-20-12-6-13-21-29)30-22-14-7-15-23-30/h4-25H,1-3H3. The molecule has 0 saturated carbocycles. The van der Waals surface area contributed by atoms with Crippen LogP contribution in [0.25, 0.3) is 0 Å². The number of benzene rings is 4. The second-order valence-electron chi connectivity index (χ2n) is 9.78. The van der Waals surface area contributed by atoms with Crippen molar-refractivity contribution in [3.63, 3.8) is 0 Å². The first-order valence-electron chi connectivity index (χ1n) is 12.1. The molecule has 173 valence electrons. The Balaban J connectivity index is 1.72. The van der Waals surface area contributed by atoms with Crippen LogP contribution in [0.3, 0.4) is 0 Å². The van der Waals surface area contributed by atoms with Crippen LogP contribution in [0, 0.1) is 11.1 Å². The van der Waals surface area contributed by atoms with Crippen LogP contribution in [-0.2, 0) is 0 Å². The van der Waals surface area contributed by atoms with Gasteiger partial charge in [-0.15, -0.1) is 0 Å². The molecule has 0 saturated heterocycles. The van der Waals surface area contributed by atoms with Crippen molar-refractivity contribution in [3.8, 4) is 0 Å². The number of rotatable bonds is 6. The highest BCUT2D eigenvalue weighted by atomic mass is 31.1. The summed E-state index contributed by atoms with van der Waals surface area (Å²) in [6.07, 6.45) is 5.03. The first kappa shape index (κ1) is 23.9. The zero-order chi connectivity index (χ0) is 24.3. The minimum atomic E-state index is -0.690. The van der Waals surface area contributed by atoms with E-state index in [0.717, 1.165) is 0 Å². The van der Waals surface area contributed by atoms with Gasteiger partial charge >= 0.3 is 0 Å². The Morgan fingerprint density at radius 1 is 0.429 bits per heavy atom. The lowest BCUT2D eigenvalue weighted by molar-refractivity contribution is 0.518. The Kier molecular flexibility index (Phi) is 7.15. The van der Waals surface area contributed by atoms with Crippen LogP contribution in [0.1, 0.15) is 20.8 Å². The summed E-state index contributed by atoms with van der Waals surface area (Å²) in [5, 5.41) is 7.09. The summed E-state index contributed by atoms with van der Waals surface area (Å²) in [7, 11) is -1.38. The first-order chi connectivity index (χ1) is 17.0. The fourth-order valence-electron chi connectivity index (χ4n) is 4.44. The second-order valence-corrected chi connectivity index (χ2v) is 14.1.